The summed E-state index contributed by atoms with van der Waals surface area (Å²) in [5, 5.41) is 18.9. The molecule has 0 aliphatic rings. The summed E-state index contributed by atoms with van der Waals surface area (Å²) in [6, 6.07) is 13.2. The van der Waals surface area contributed by atoms with Crippen molar-refractivity contribution in [1.29, 1.82) is 0 Å². The Bertz CT molecular complexity index is 1160. The minimum absolute atomic E-state index is 0.111. The maximum Gasteiger partial charge on any atom is 0.416 e. The van der Waals surface area contributed by atoms with E-state index in [2.05, 4.69) is 42.5 Å². The number of hydrogen-bond acceptors (Lipinski definition) is 5. The molecule has 2 aromatic carbocycles. The molecule has 0 aliphatic carbocycles. The average Bonchev–Trinajstić information content (AvgIpc) is 2.91. The molecule has 0 aliphatic heterocycles. The second-order valence-corrected chi connectivity index (χ2v) is 12.5. The fraction of sp³-hybridized carbons (Fsp3) is 0.588. The summed E-state index contributed by atoms with van der Waals surface area (Å²) >= 11 is 0. The Balaban J connectivity index is 0.000000695. The third-order valence-corrected chi connectivity index (χ3v) is 6.00. The lowest BCUT2D eigenvalue weighted by Crippen LogP contribution is -2.35. The molecule has 276 valence electrons. The standard InChI is InChI=1S/C13H17F3O2.C13H20O2.C8H10F6O/c1-12(2,17)7-8-18-9-10-3-5-11(6-4-10)13(14,15)16;1-11-4-6-12(7-5-11)10-15-9-8-13(2,3)14;1-5(2)3-6(8(12,13)14)15-4-7(9,10)11/h3-6,17H,7-9H2,1-2H3;4-7,14H,8-10H2,1-3H3;6H,1,3-4H2,2H3. The van der Waals surface area contributed by atoms with E-state index in [4.69, 9.17) is 9.47 Å². The van der Waals surface area contributed by atoms with Gasteiger partial charge in [-0.3, -0.25) is 0 Å². The Hall–Kier alpha value is -2.65. The van der Waals surface area contributed by atoms with Gasteiger partial charge in [0.25, 0.3) is 0 Å². The minimum Gasteiger partial charge on any atom is -0.390 e. The summed E-state index contributed by atoms with van der Waals surface area (Å²) in [6.45, 7) is 13.4. The molecule has 0 radical (unpaired) electrons. The predicted octanol–water partition coefficient (Wildman–Crippen LogP) is 9.52. The zero-order valence-corrected chi connectivity index (χ0v) is 28.1. The number of halogens is 9. The van der Waals surface area contributed by atoms with E-state index in [1.165, 1.54) is 30.2 Å². The lowest BCUT2D eigenvalue weighted by atomic mass is 10.1. The molecule has 0 fully saturated rings. The van der Waals surface area contributed by atoms with Gasteiger partial charge in [-0.15, -0.1) is 6.58 Å². The van der Waals surface area contributed by atoms with Crippen LogP contribution < -0.4 is 0 Å². The molecule has 0 heterocycles. The van der Waals surface area contributed by atoms with Crippen LogP contribution in [-0.2, 0) is 33.6 Å². The zero-order valence-electron chi connectivity index (χ0n) is 28.1. The molecule has 2 rings (SSSR count). The first-order valence-electron chi connectivity index (χ1n) is 14.9. The fourth-order valence-corrected chi connectivity index (χ4v) is 3.28. The minimum atomic E-state index is -4.82. The van der Waals surface area contributed by atoms with Gasteiger partial charge in [0.2, 0.25) is 0 Å². The molecular weight excluding hydrogens is 659 g/mol. The molecule has 5 nitrogen and oxygen atoms in total. The van der Waals surface area contributed by atoms with Crippen LogP contribution in [0.2, 0.25) is 0 Å². The van der Waals surface area contributed by atoms with E-state index in [9.17, 15) is 49.7 Å². The molecule has 0 spiro atoms. The molecule has 0 saturated carbocycles. The predicted molar refractivity (Wildman–Crippen MR) is 165 cm³/mol. The highest BCUT2D eigenvalue weighted by molar-refractivity contribution is 5.24. The van der Waals surface area contributed by atoms with Crippen LogP contribution in [0.25, 0.3) is 0 Å². The van der Waals surface area contributed by atoms with Gasteiger partial charge in [0.15, 0.2) is 6.10 Å². The van der Waals surface area contributed by atoms with Gasteiger partial charge >= 0.3 is 18.5 Å². The van der Waals surface area contributed by atoms with Gasteiger partial charge in [0.05, 0.1) is 30.0 Å². The Morgan fingerprint density at radius 3 is 1.42 bits per heavy atom. The van der Waals surface area contributed by atoms with Crippen molar-refractivity contribution in [3.05, 3.63) is 82.9 Å². The van der Waals surface area contributed by atoms with E-state index in [0.717, 1.165) is 12.1 Å². The number of aliphatic hydroxyl groups is 2. The van der Waals surface area contributed by atoms with Crippen LogP contribution in [0.15, 0.2) is 60.7 Å². The Morgan fingerprint density at radius 2 is 1.10 bits per heavy atom. The highest BCUT2D eigenvalue weighted by atomic mass is 19.4. The van der Waals surface area contributed by atoms with Gasteiger partial charge in [-0.05, 0) is 77.6 Å². The maximum absolute atomic E-state index is 12.3. The number of benzene rings is 2. The molecule has 2 N–H and O–H groups in total. The molecule has 1 atom stereocenters. The Morgan fingerprint density at radius 1 is 0.708 bits per heavy atom. The number of aryl methyl sites for hydroxylation is 1. The lowest BCUT2D eigenvalue weighted by Gasteiger charge is -2.21. The highest BCUT2D eigenvalue weighted by Gasteiger charge is 2.42. The SMILES string of the molecule is C=C(C)CC(OCC(F)(F)F)C(F)(F)F.CC(C)(O)CCOCc1ccc(C(F)(F)F)cc1.Cc1ccc(COCCC(C)(C)O)cc1. The first kappa shape index (κ1) is 45.3. The highest BCUT2D eigenvalue weighted by Crippen LogP contribution is 2.30. The normalized spacial score (nSPS) is 13.2. The smallest absolute Gasteiger partial charge is 0.390 e. The number of ether oxygens (including phenoxy) is 3. The van der Waals surface area contributed by atoms with Crippen LogP contribution in [0.3, 0.4) is 0 Å². The molecular formula is C34H47F9O5. The van der Waals surface area contributed by atoms with Gasteiger partial charge < -0.3 is 24.4 Å². The van der Waals surface area contributed by atoms with Crippen LogP contribution in [0.4, 0.5) is 39.5 Å². The average molecular weight is 707 g/mol. The van der Waals surface area contributed by atoms with Crippen molar-refractivity contribution in [2.75, 3.05) is 19.8 Å². The molecule has 2 aromatic rings. The van der Waals surface area contributed by atoms with Gasteiger partial charge in [-0.25, -0.2) is 0 Å². The van der Waals surface area contributed by atoms with Crippen molar-refractivity contribution in [2.24, 2.45) is 0 Å². The molecule has 14 heteroatoms. The van der Waals surface area contributed by atoms with Crippen LogP contribution in [0, 0.1) is 6.92 Å². The zero-order chi connectivity index (χ0) is 37.4. The number of alkyl halides is 9. The fourth-order valence-electron chi connectivity index (χ4n) is 3.28. The van der Waals surface area contributed by atoms with E-state index in [-0.39, 0.29) is 12.2 Å². The summed E-state index contributed by atoms with van der Waals surface area (Å²) in [5.41, 5.74) is 1.14. The van der Waals surface area contributed by atoms with Crippen LogP contribution in [0.1, 0.15) is 76.1 Å². The molecule has 48 heavy (non-hydrogen) atoms. The van der Waals surface area contributed by atoms with E-state index >= 15 is 0 Å². The van der Waals surface area contributed by atoms with Crippen molar-refractivity contribution >= 4 is 0 Å². The van der Waals surface area contributed by atoms with Gasteiger partial charge in [0.1, 0.15) is 6.61 Å². The number of hydrogen-bond donors (Lipinski definition) is 2. The summed E-state index contributed by atoms with van der Waals surface area (Å²) in [4.78, 5) is 0. The van der Waals surface area contributed by atoms with Crippen LogP contribution in [-0.4, -0.2) is 59.7 Å². The Kier molecular flexibility index (Phi) is 19.0. The van der Waals surface area contributed by atoms with Gasteiger partial charge in [0, 0.05) is 19.6 Å². The van der Waals surface area contributed by atoms with E-state index in [1.54, 1.807) is 27.7 Å². The van der Waals surface area contributed by atoms with Crippen LogP contribution >= 0.6 is 0 Å². The topological polar surface area (TPSA) is 68.2 Å². The molecule has 1 unspecified atom stereocenters. The second-order valence-electron chi connectivity index (χ2n) is 12.5. The first-order valence-corrected chi connectivity index (χ1v) is 14.9. The summed E-state index contributed by atoms with van der Waals surface area (Å²) < 4.78 is 123. The second kappa shape index (κ2) is 20.1. The summed E-state index contributed by atoms with van der Waals surface area (Å²) in [7, 11) is 0. The first-order chi connectivity index (χ1) is 21.7. The quantitative estimate of drug-likeness (QED) is 0.116. The third-order valence-electron chi connectivity index (χ3n) is 6.00. The van der Waals surface area contributed by atoms with E-state index in [0.29, 0.717) is 38.2 Å². The van der Waals surface area contributed by atoms with Crippen molar-refractivity contribution in [2.45, 2.75) is 110 Å². The van der Waals surface area contributed by atoms with E-state index < -0.39 is 54.4 Å². The van der Waals surface area contributed by atoms with Crippen molar-refractivity contribution < 1.29 is 63.9 Å². The summed E-state index contributed by atoms with van der Waals surface area (Å²) in [6.07, 6.45) is -15.9. The number of rotatable bonds is 14. The van der Waals surface area contributed by atoms with Gasteiger partial charge in [-0.1, -0.05) is 47.5 Å². The van der Waals surface area contributed by atoms with Crippen LogP contribution in [0.5, 0.6) is 0 Å². The van der Waals surface area contributed by atoms with E-state index in [1.807, 2.05) is 0 Å². The van der Waals surface area contributed by atoms with Crippen molar-refractivity contribution in [3.63, 3.8) is 0 Å². The largest absolute Gasteiger partial charge is 0.416 e. The molecule has 0 amide bonds. The van der Waals surface area contributed by atoms with Crippen molar-refractivity contribution in [1.82, 2.24) is 0 Å². The monoisotopic (exact) mass is 706 g/mol. The van der Waals surface area contributed by atoms with Crippen molar-refractivity contribution in [3.8, 4) is 0 Å². The Labute approximate surface area is 276 Å². The summed E-state index contributed by atoms with van der Waals surface area (Å²) in [5.74, 6) is 0. The third kappa shape index (κ3) is 25.4. The molecule has 0 bridgehead atoms. The lowest BCUT2D eigenvalue weighted by molar-refractivity contribution is -0.254. The molecule has 0 aromatic heterocycles. The maximum atomic E-state index is 12.3. The molecule has 0 saturated heterocycles. The van der Waals surface area contributed by atoms with Gasteiger partial charge in [-0.2, -0.15) is 39.5 Å².